The predicted molar refractivity (Wildman–Crippen MR) is 80.5 cm³/mol. The number of nitrogens with zero attached hydrogens (tertiary/aromatic N) is 2. The largest absolute Gasteiger partial charge is 0.370 e. The van der Waals surface area contributed by atoms with Crippen molar-refractivity contribution in [3.05, 3.63) is 0 Å². The molecule has 1 rings (SSSR count). The quantitative estimate of drug-likeness (QED) is 0.292. The molecule has 0 spiro atoms. The fourth-order valence-corrected chi connectivity index (χ4v) is 1.85. The van der Waals surface area contributed by atoms with E-state index in [1.165, 1.54) is 19.3 Å². The van der Waals surface area contributed by atoms with Crippen molar-refractivity contribution in [1.29, 1.82) is 5.26 Å². The summed E-state index contributed by atoms with van der Waals surface area (Å²) in [6, 6.07) is 2.21. The van der Waals surface area contributed by atoms with Crippen molar-refractivity contribution in [2.75, 3.05) is 13.1 Å². The highest BCUT2D eigenvalue weighted by Gasteiger charge is 2.13. The summed E-state index contributed by atoms with van der Waals surface area (Å²) in [5, 5.41) is 13.8. The third-order valence-corrected chi connectivity index (χ3v) is 2.71. The normalized spacial score (nSPS) is 16.3. The smallest absolute Gasteiger partial charge is 0.242 e. The van der Waals surface area contributed by atoms with Crippen molar-refractivity contribution in [3.63, 3.8) is 0 Å². The van der Waals surface area contributed by atoms with Gasteiger partial charge in [0.15, 0.2) is 5.96 Å². The number of halogens is 1. The number of nitriles is 1. The number of guanidine groups is 1. The first-order chi connectivity index (χ1) is 8.22. The number of hydrogen-bond acceptors (Lipinski definition) is 3. The van der Waals surface area contributed by atoms with Crippen molar-refractivity contribution in [3.8, 4) is 6.07 Å². The number of aliphatic imine (C=N–C) groups is 1. The first-order valence-electron chi connectivity index (χ1n) is 5.92. The number of amides is 1. The summed E-state index contributed by atoms with van der Waals surface area (Å²) < 4.78 is 0. The van der Waals surface area contributed by atoms with Gasteiger partial charge < -0.3 is 16.4 Å². The maximum atomic E-state index is 11.1. The van der Waals surface area contributed by atoms with Gasteiger partial charge in [0.2, 0.25) is 5.91 Å². The third-order valence-electron chi connectivity index (χ3n) is 2.71. The van der Waals surface area contributed by atoms with Crippen LogP contribution in [-0.4, -0.2) is 31.0 Å². The highest BCUT2D eigenvalue weighted by Crippen LogP contribution is 2.16. The Balaban J connectivity index is 0.00000289. The van der Waals surface area contributed by atoms with Gasteiger partial charge >= 0.3 is 0 Å². The Labute approximate surface area is 124 Å². The van der Waals surface area contributed by atoms with Crippen LogP contribution in [0, 0.1) is 11.3 Å². The van der Waals surface area contributed by atoms with Crippen LogP contribution in [0.15, 0.2) is 4.99 Å². The Morgan fingerprint density at radius 2 is 2.06 bits per heavy atom. The molecule has 1 aliphatic rings. The first kappa shape index (κ1) is 17.0. The number of hydrogen-bond donors (Lipinski definition) is 3. The Bertz CT molecular complexity index is 320. The molecule has 1 saturated carbocycles. The van der Waals surface area contributed by atoms with Crippen molar-refractivity contribution in [1.82, 2.24) is 10.6 Å². The minimum absolute atomic E-state index is 0. The van der Waals surface area contributed by atoms with Gasteiger partial charge in [0.05, 0.1) is 6.07 Å². The third kappa shape index (κ3) is 7.32. The molecule has 0 bridgehead atoms. The van der Waals surface area contributed by atoms with Gasteiger partial charge in [-0.1, -0.05) is 19.3 Å². The van der Waals surface area contributed by atoms with Crippen LogP contribution < -0.4 is 16.4 Å². The highest BCUT2D eigenvalue weighted by molar-refractivity contribution is 14.0. The van der Waals surface area contributed by atoms with Gasteiger partial charge in [-0.3, -0.25) is 4.79 Å². The minimum Gasteiger partial charge on any atom is -0.370 e. The molecule has 1 aliphatic carbocycles. The SMILES string of the molecule is I.N#CCNC(=O)CN=C(N)NC1CCCCC1. The molecule has 0 aromatic rings. The minimum atomic E-state index is -0.292. The van der Waals surface area contributed by atoms with E-state index in [1.54, 1.807) is 0 Å². The van der Waals surface area contributed by atoms with Gasteiger partial charge in [0, 0.05) is 6.04 Å². The molecule has 18 heavy (non-hydrogen) atoms. The molecule has 0 aromatic heterocycles. The summed E-state index contributed by atoms with van der Waals surface area (Å²) in [5.41, 5.74) is 5.68. The zero-order valence-corrected chi connectivity index (χ0v) is 12.6. The van der Waals surface area contributed by atoms with E-state index in [2.05, 4.69) is 15.6 Å². The molecule has 0 aliphatic heterocycles. The molecule has 6 nitrogen and oxygen atoms in total. The van der Waals surface area contributed by atoms with Gasteiger partial charge in [-0.25, -0.2) is 4.99 Å². The second kappa shape index (κ2) is 9.94. The number of nitrogens with one attached hydrogen (secondary N) is 2. The van der Waals surface area contributed by atoms with E-state index in [9.17, 15) is 4.79 Å². The summed E-state index contributed by atoms with van der Waals surface area (Å²) >= 11 is 0. The van der Waals surface area contributed by atoms with Gasteiger partial charge in [-0.05, 0) is 12.8 Å². The van der Waals surface area contributed by atoms with Crippen molar-refractivity contribution in [2.45, 2.75) is 38.1 Å². The van der Waals surface area contributed by atoms with Gasteiger partial charge in [-0.15, -0.1) is 24.0 Å². The zero-order valence-electron chi connectivity index (χ0n) is 10.3. The van der Waals surface area contributed by atoms with Crippen LogP contribution in [0.25, 0.3) is 0 Å². The van der Waals surface area contributed by atoms with Crippen LogP contribution in [0.2, 0.25) is 0 Å². The van der Waals surface area contributed by atoms with E-state index in [1.807, 2.05) is 6.07 Å². The Kier molecular flexibility index (Phi) is 9.36. The monoisotopic (exact) mass is 365 g/mol. The Morgan fingerprint density at radius 1 is 1.39 bits per heavy atom. The molecular weight excluding hydrogens is 345 g/mol. The Hall–Kier alpha value is -1.04. The summed E-state index contributed by atoms with van der Waals surface area (Å²) in [5.74, 6) is 0.0175. The van der Waals surface area contributed by atoms with E-state index in [0.717, 1.165) is 12.8 Å². The molecule has 0 aromatic carbocycles. The van der Waals surface area contributed by atoms with E-state index in [4.69, 9.17) is 11.0 Å². The van der Waals surface area contributed by atoms with E-state index in [0.29, 0.717) is 12.0 Å². The molecular formula is C11H20IN5O. The number of carbonyl (C=O) groups excluding carboxylic acids is 1. The summed E-state index contributed by atoms with van der Waals surface area (Å²) in [7, 11) is 0. The molecule has 0 unspecified atom stereocenters. The zero-order chi connectivity index (χ0) is 12.5. The number of nitrogens with two attached hydrogens (primary N) is 1. The summed E-state index contributed by atoms with van der Waals surface area (Å²) in [6.07, 6.45) is 5.93. The fraction of sp³-hybridized carbons (Fsp3) is 0.727. The number of rotatable bonds is 4. The summed E-state index contributed by atoms with van der Waals surface area (Å²) in [6.45, 7) is -0.0302. The van der Waals surface area contributed by atoms with Crippen molar-refractivity contribution < 1.29 is 4.79 Å². The topological polar surface area (TPSA) is 103 Å². The number of carbonyl (C=O) groups is 1. The fourth-order valence-electron chi connectivity index (χ4n) is 1.85. The lowest BCUT2D eigenvalue weighted by atomic mass is 9.96. The second-order valence-corrected chi connectivity index (χ2v) is 4.12. The standard InChI is InChI=1S/C11H19N5O.HI/c12-6-7-14-10(17)8-15-11(13)16-9-4-2-1-3-5-9;/h9H,1-5,7-8H2,(H,14,17)(H3,13,15,16);1H. The second-order valence-electron chi connectivity index (χ2n) is 4.12. The lowest BCUT2D eigenvalue weighted by Gasteiger charge is -2.23. The first-order valence-corrected chi connectivity index (χ1v) is 5.92. The molecule has 0 heterocycles. The lowest BCUT2D eigenvalue weighted by Crippen LogP contribution is -2.41. The molecule has 0 radical (unpaired) electrons. The lowest BCUT2D eigenvalue weighted by molar-refractivity contribution is -0.119. The van der Waals surface area contributed by atoms with E-state index < -0.39 is 0 Å². The molecule has 0 saturated heterocycles. The predicted octanol–water partition coefficient (Wildman–Crippen LogP) is 0.481. The molecule has 7 heteroatoms. The molecule has 1 amide bonds. The van der Waals surface area contributed by atoms with E-state index >= 15 is 0 Å². The van der Waals surface area contributed by atoms with Gasteiger partial charge in [0.25, 0.3) is 0 Å². The van der Waals surface area contributed by atoms with Crippen LogP contribution in [0.3, 0.4) is 0 Å². The average molecular weight is 365 g/mol. The van der Waals surface area contributed by atoms with Gasteiger partial charge in [0.1, 0.15) is 13.1 Å². The van der Waals surface area contributed by atoms with Crippen LogP contribution in [0.4, 0.5) is 0 Å². The van der Waals surface area contributed by atoms with Crippen LogP contribution in [0.1, 0.15) is 32.1 Å². The van der Waals surface area contributed by atoms with Crippen LogP contribution in [-0.2, 0) is 4.79 Å². The van der Waals surface area contributed by atoms with Crippen molar-refractivity contribution in [2.24, 2.45) is 10.7 Å². The Morgan fingerprint density at radius 3 is 2.67 bits per heavy atom. The van der Waals surface area contributed by atoms with Gasteiger partial charge in [-0.2, -0.15) is 5.26 Å². The average Bonchev–Trinajstić information content (AvgIpc) is 2.35. The summed E-state index contributed by atoms with van der Waals surface area (Å²) in [4.78, 5) is 15.1. The maximum absolute atomic E-state index is 11.1. The maximum Gasteiger partial charge on any atom is 0.242 e. The van der Waals surface area contributed by atoms with Crippen molar-refractivity contribution >= 4 is 35.8 Å². The molecule has 4 N–H and O–H groups in total. The highest BCUT2D eigenvalue weighted by atomic mass is 127. The van der Waals surface area contributed by atoms with Crippen LogP contribution in [0.5, 0.6) is 0 Å². The van der Waals surface area contributed by atoms with Crippen LogP contribution >= 0.6 is 24.0 Å². The van der Waals surface area contributed by atoms with E-state index in [-0.39, 0.29) is 43.0 Å². The molecule has 0 atom stereocenters. The molecule has 102 valence electrons. The molecule has 1 fully saturated rings.